The molecular formula is C14H14BrF2NO2S. The van der Waals surface area contributed by atoms with Crippen LogP contribution in [0, 0.1) is 0 Å². The SMILES string of the molecule is COc1ccc(OC(F)F)c(NC(C)c2cc(Br)cs2)c1. The minimum Gasteiger partial charge on any atom is -0.497 e. The number of anilines is 1. The van der Waals surface area contributed by atoms with Gasteiger partial charge in [0.1, 0.15) is 11.5 Å². The van der Waals surface area contributed by atoms with Crippen molar-refractivity contribution in [2.24, 2.45) is 0 Å². The second-order valence-electron chi connectivity index (χ2n) is 4.27. The van der Waals surface area contributed by atoms with E-state index in [0.29, 0.717) is 11.4 Å². The van der Waals surface area contributed by atoms with Crippen LogP contribution in [0.15, 0.2) is 34.1 Å². The van der Waals surface area contributed by atoms with Crippen LogP contribution in [0.5, 0.6) is 11.5 Å². The summed E-state index contributed by atoms with van der Waals surface area (Å²) in [6.45, 7) is -0.922. The molecule has 0 bridgehead atoms. The molecule has 0 radical (unpaired) electrons. The van der Waals surface area contributed by atoms with Crippen LogP contribution in [-0.4, -0.2) is 13.7 Å². The Balaban J connectivity index is 2.23. The van der Waals surface area contributed by atoms with E-state index < -0.39 is 6.61 Å². The molecule has 0 aliphatic rings. The van der Waals surface area contributed by atoms with Gasteiger partial charge < -0.3 is 14.8 Å². The lowest BCUT2D eigenvalue weighted by Crippen LogP contribution is -2.09. The van der Waals surface area contributed by atoms with E-state index in [2.05, 4.69) is 26.0 Å². The highest BCUT2D eigenvalue weighted by Crippen LogP contribution is 2.34. The number of halogens is 3. The Hall–Kier alpha value is -1.34. The third-order valence-electron chi connectivity index (χ3n) is 2.79. The van der Waals surface area contributed by atoms with Crippen molar-refractivity contribution in [3.05, 3.63) is 39.0 Å². The van der Waals surface area contributed by atoms with E-state index in [1.165, 1.54) is 13.2 Å². The summed E-state index contributed by atoms with van der Waals surface area (Å²) in [5.41, 5.74) is 0.465. The number of alkyl halides is 2. The molecule has 1 atom stereocenters. The number of benzene rings is 1. The fraction of sp³-hybridized carbons (Fsp3) is 0.286. The highest BCUT2D eigenvalue weighted by molar-refractivity contribution is 9.10. The molecule has 114 valence electrons. The first-order chi connectivity index (χ1) is 9.99. The zero-order chi connectivity index (χ0) is 15.4. The van der Waals surface area contributed by atoms with Crippen LogP contribution in [0.3, 0.4) is 0 Å². The van der Waals surface area contributed by atoms with Gasteiger partial charge in [0.25, 0.3) is 0 Å². The summed E-state index contributed by atoms with van der Waals surface area (Å²) in [5, 5.41) is 5.14. The van der Waals surface area contributed by atoms with Crippen molar-refractivity contribution in [2.45, 2.75) is 19.6 Å². The Morgan fingerprint density at radius 2 is 2.05 bits per heavy atom. The first-order valence-electron chi connectivity index (χ1n) is 6.13. The molecule has 2 aromatic rings. The molecule has 0 fully saturated rings. The number of hydrogen-bond acceptors (Lipinski definition) is 4. The standard InChI is InChI=1S/C14H14BrF2NO2S/c1-8(13-5-9(15)7-21-13)18-11-6-10(19-2)3-4-12(11)20-14(16)17/h3-8,14,18H,1-2H3. The predicted octanol–water partition coefficient (Wildman–Crippen LogP) is 5.29. The molecule has 0 spiro atoms. The van der Waals surface area contributed by atoms with Gasteiger partial charge in [-0.1, -0.05) is 0 Å². The maximum Gasteiger partial charge on any atom is 0.387 e. The first kappa shape index (κ1) is 16.0. The molecule has 0 saturated heterocycles. The van der Waals surface area contributed by atoms with Crippen LogP contribution in [0.4, 0.5) is 14.5 Å². The van der Waals surface area contributed by atoms with Crippen LogP contribution >= 0.6 is 27.3 Å². The zero-order valence-electron chi connectivity index (χ0n) is 11.4. The zero-order valence-corrected chi connectivity index (χ0v) is 13.8. The Kier molecular flexibility index (Phi) is 5.41. The largest absolute Gasteiger partial charge is 0.497 e. The average Bonchev–Trinajstić information content (AvgIpc) is 2.87. The number of ether oxygens (including phenoxy) is 2. The first-order valence-corrected chi connectivity index (χ1v) is 7.80. The van der Waals surface area contributed by atoms with E-state index >= 15 is 0 Å². The normalized spacial score (nSPS) is 12.3. The summed E-state index contributed by atoms with van der Waals surface area (Å²) in [4.78, 5) is 1.08. The summed E-state index contributed by atoms with van der Waals surface area (Å²) in [6, 6.07) is 6.61. The monoisotopic (exact) mass is 377 g/mol. The summed E-state index contributed by atoms with van der Waals surface area (Å²) in [6.07, 6.45) is 0. The third kappa shape index (κ3) is 4.31. The molecule has 1 aromatic carbocycles. The molecule has 21 heavy (non-hydrogen) atoms. The topological polar surface area (TPSA) is 30.5 Å². The van der Waals surface area contributed by atoms with E-state index in [0.717, 1.165) is 9.35 Å². The number of thiophene rings is 1. The fourth-order valence-electron chi connectivity index (χ4n) is 1.81. The van der Waals surface area contributed by atoms with Crippen molar-refractivity contribution in [1.82, 2.24) is 0 Å². The Bertz CT molecular complexity index is 606. The van der Waals surface area contributed by atoms with Gasteiger partial charge in [-0.25, -0.2) is 0 Å². The number of nitrogens with one attached hydrogen (secondary N) is 1. The lowest BCUT2D eigenvalue weighted by atomic mass is 10.2. The molecule has 1 aromatic heterocycles. The third-order valence-corrected chi connectivity index (χ3v) is 4.67. The van der Waals surface area contributed by atoms with Crippen LogP contribution < -0.4 is 14.8 Å². The molecule has 1 N–H and O–H groups in total. The average molecular weight is 378 g/mol. The van der Waals surface area contributed by atoms with E-state index in [1.54, 1.807) is 23.5 Å². The van der Waals surface area contributed by atoms with E-state index in [1.807, 2.05) is 18.4 Å². The Morgan fingerprint density at radius 3 is 2.62 bits per heavy atom. The predicted molar refractivity (Wildman–Crippen MR) is 83.7 cm³/mol. The smallest absolute Gasteiger partial charge is 0.387 e. The van der Waals surface area contributed by atoms with Gasteiger partial charge in [0.2, 0.25) is 0 Å². The number of rotatable bonds is 6. The van der Waals surface area contributed by atoms with Crippen molar-refractivity contribution in [3.63, 3.8) is 0 Å². The van der Waals surface area contributed by atoms with Crippen molar-refractivity contribution in [2.75, 3.05) is 12.4 Å². The summed E-state index contributed by atoms with van der Waals surface area (Å²) < 4.78 is 35.6. The Labute approximate surface area is 134 Å². The molecule has 0 amide bonds. The Morgan fingerprint density at radius 1 is 1.29 bits per heavy atom. The second kappa shape index (κ2) is 7.09. The molecule has 0 aliphatic heterocycles. The summed E-state index contributed by atoms with van der Waals surface area (Å²) in [7, 11) is 1.52. The molecule has 1 heterocycles. The number of methoxy groups -OCH3 is 1. The van der Waals surface area contributed by atoms with Crippen molar-refractivity contribution < 1.29 is 18.3 Å². The van der Waals surface area contributed by atoms with Crippen LogP contribution in [0.2, 0.25) is 0 Å². The minimum atomic E-state index is -2.87. The molecule has 2 rings (SSSR count). The van der Waals surface area contributed by atoms with E-state index in [4.69, 9.17) is 4.74 Å². The van der Waals surface area contributed by atoms with Gasteiger partial charge in [-0.05, 0) is 41.1 Å². The highest BCUT2D eigenvalue weighted by atomic mass is 79.9. The van der Waals surface area contributed by atoms with Crippen LogP contribution in [-0.2, 0) is 0 Å². The van der Waals surface area contributed by atoms with Gasteiger partial charge >= 0.3 is 6.61 Å². The van der Waals surface area contributed by atoms with Gasteiger partial charge in [0, 0.05) is 20.8 Å². The van der Waals surface area contributed by atoms with Crippen molar-refractivity contribution in [1.29, 1.82) is 0 Å². The minimum absolute atomic E-state index is 0.0478. The van der Waals surface area contributed by atoms with Crippen molar-refractivity contribution in [3.8, 4) is 11.5 Å². The van der Waals surface area contributed by atoms with Crippen LogP contribution in [0.1, 0.15) is 17.8 Å². The maximum atomic E-state index is 12.5. The quantitative estimate of drug-likeness (QED) is 0.741. The summed E-state index contributed by atoms with van der Waals surface area (Å²) >= 11 is 4.97. The summed E-state index contributed by atoms with van der Waals surface area (Å²) in [5.74, 6) is 0.659. The molecule has 3 nitrogen and oxygen atoms in total. The van der Waals surface area contributed by atoms with E-state index in [-0.39, 0.29) is 11.8 Å². The molecule has 1 unspecified atom stereocenters. The van der Waals surface area contributed by atoms with E-state index in [9.17, 15) is 8.78 Å². The second-order valence-corrected chi connectivity index (χ2v) is 6.13. The number of hydrogen-bond donors (Lipinski definition) is 1. The lowest BCUT2D eigenvalue weighted by Gasteiger charge is -2.18. The van der Waals surface area contributed by atoms with Crippen LogP contribution in [0.25, 0.3) is 0 Å². The molecule has 0 saturated carbocycles. The highest BCUT2D eigenvalue weighted by Gasteiger charge is 2.14. The van der Waals surface area contributed by atoms with Gasteiger partial charge in [-0.3, -0.25) is 0 Å². The van der Waals surface area contributed by atoms with Gasteiger partial charge in [-0.15, -0.1) is 11.3 Å². The molecular weight excluding hydrogens is 364 g/mol. The molecule has 0 aliphatic carbocycles. The van der Waals surface area contributed by atoms with Gasteiger partial charge in [0.05, 0.1) is 18.8 Å². The van der Waals surface area contributed by atoms with Gasteiger partial charge in [0.15, 0.2) is 0 Å². The van der Waals surface area contributed by atoms with Gasteiger partial charge in [-0.2, -0.15) is 8.78 Å². The van der Waals surface area contributed by atoms with Crippen molar-refractivity contribution >= 4 is 33.0 Å². The molecule has 7 heteroatoms. The lowest BCUT2D eigenvalue weighted by molar-refractivity contribution is -0.0494. The fourth-order valence-corrected chi connectivity index (χ4v) is 3.26. The maximum absolute atomic E-state index is 12.5.